The molecule has 3 saturated heterocycles. The summed E-state index contributed by atoms with van der Waals surface area (Å²) in [5, 5.41) is 12.6. The number of hydrogen-bond acceptors (Lipinski definition) is 8. The predicted molar refractivity (Wildman–Crippen MR) is 196 cm³/mol. The number of allylic oxidation sites excluding steroid dienone is 1. The Morgan fingerprint density at radius 2 is 1.76 bits per heavy atom. The SMILES string of the molecule is C=CCCC(=O)OC[C@H](NC(=O)[C@@H]1[C@@H]2CC[C@]3(O2)[C@H](C(=O)N(CC=C)c2ccc(N(CC)CC)cc2)N(CCCCO)C(=O)[C@@H]13)c1ccccc1. The second-order valence-electron chi connectivity index (χ2n) is 13.4. The number of rotatable bonds is 19. The average molecular weight is 701 g/mol. The molecule has 51 heavy (non-hydrogen) atoms. The molecule has 0 radical (unpaired) electrons. The van der Waals surface area contributed by atoms with Crippen LogP contribution in [0.1, 0.15) is 64.0 Å². The molecule has 3 aliphatic rings. The minimum absolute atomic E-state index is 0.0423. The lowest BCUT2D eigenvalue weighted by Crippen LogP contribution is -2.56. The van der Waals surface area contributed by atoms with E-state index in [1.807, 2.05) is 54.6 Å². The molecule has 0 aliphatic carbocycles. The van der Waals surface area contributed by atoms with E-state index in [1.54, 1.807) is 22.0 Å². The lowest BCUT2D eigenvalue weighted by molar-refractivity contribution is -0.146. The number of amides is 3. The Balaban J connectivity index is 1.44. The summed E-state index contributed by atoms with van der Waals surface area (Å²) in [7, 11) is 0. The molecule has 11 nitrogen and oxygen atoms in total. The standard InChI is InChI=1S/C40H52N4O7/c1-5-9-17-33(46)50-27-31(28-15-11-10-12-16-28)41-37(47)34-32-22-23-40(51-32)35(34)38(48)44(25-13-14-26-45)36(40)39(49)43(24-6-2)30-20-18-29(19-21-30)42(7-3)8-4/h5-6,10-12,15-16,18-21,31-32,34-36,45H,1-2,7-9,13-14,17,22-27H2,3-4H3,(H,41,47)/t31-,32-,34+,35+,36-,40+/m0/s1. The first-order chi connectivity index (χ1) is 24.7. The van der Waals surface area contributed by atoms with Gasteiger partial charge in [-0.05, 0) is 75.8 Å². The average Bonchev–Trinajstić information content (AvgIpc) is 3.79. The van der Waals surface area contributed by atoms with Gasteiger partial charge in [-0.15, -0.1) is 13.2 Å². The van der Waals surface area contributed by atoms with Gasteiger partial charge in [-0.25, -0.2) is 0 Å². The minimum Gasteiger partial charge on any atom is -0.463 e. The van der Waals surface area contributed by atoms with Crippen molar-refractivity contribution in [1.82, 2.24) is 10.2 Å². The van der Waals surface area contributed by atoms with Crippen LogP contribution in [0.15, 0.2) is 79.9 Å². The van der Waals surface area contributed by atoms with Gasteiger partial charge in [-0.2, -0.15) is 0 Å². The Kier molecular flexibility index (Phi) is 12.7. The summed E-state index contributed by atoms with van der Waals surface area (Å²) in [6.07, 6.45) is 5.34. The van der Waals surface area contributed by atoms with Gasteiger partial charge in [0, 0.05) is 50.6 Å². The van der Waals surface area contributed by atoms with E-state index in [0.29, 0.717) is 37.8 Å². The number of anilines is 2. The normalized spacial score (nSPS) is 23.7. The van der Waals surface area contributed by atoms with Crippen molar-refractivity contribution in [2.45, 2.75) is 76.2 Å². The van der Waals surface area contributed by atoms with Crippen LogP contribution < -0.4 is 15.1 Å². The highest BCUT2D eigenvalue weighted by Crippen LogP contribution is 2.58. The number of carbonyl (C=O) groups is 4. The summed E-state index contributed by atoms with van der Waals surface area (Å²) in [5.74, 6) is -3.08. The first-order valence-corrected chi connectivity index (χ1v) is 18.2. The van der Waals surface area contributed by atoms with E-state index in [2.05, 4.69) is 37.2 Å². The van der Waals surface area contributed by atoms with Crippen molar-refractivity contribution in [3.8, 4) is 0 Å². The van der Waals surface area contributed by atoms with Crippen LogP contribution in [0.2, 0.25) is 0 Å². The van der Waals surface area contributed by atoms with Gasteiger partial charge < -0.3 is 34.6 Å². The lowest BCUT2D eigenvalue weighted by atomic mass is 9.70. The first kappa shape index (κ1) is 37.8. The van der Waals surface area contributed by atoms with Gasteiger partial charge in [0.05, 0.1) is 24.0 Å². The fraction of sp³-hybridized carbons (Fsp3) is 0.500. The van der Waals surface area contributed by atoms with Gasteiger partial charge in [0.2, 0.25) is 11.8 Å². The number of hydrogen-bond donors (Lipinski definition) is 2. The van der Waals surface area contributed by atoms with Crippen LogP contribution in [0.25, 0.3) is 0 Å². The molecule has 6 atom stereocenters. The molecule has 11 heteroatoms. The number of unbranched alkanes of at least 4 members (excludes halogenated alkanes) is 1. The maximum Gasteiger partial charge on any atom is 0.306 e. The summed E-state index contributed by atoms with van der Waals surface area (Å²) >= 11 is 0. The van der Waals surface area contributed by atoms with Crippen LogP contribution >= 0.6 is 0 Å². The number of fused-ring (bicyclic) bond motifs is 1. The number of nitrogens with one attached hydrogen (secondary N) is 1. The fourth-order valence-electron chi connectivity index (χ4n) is 8.04. The van der Waals surface area contributed by atoms with Crippen LogP contribution in [-0.4, -0.2) is 90.8 Å². The van der Waals surface area contributed by atoms with E-state index in [9.17, 15) is 24.3 Å². The highest BCUT2D eigenvalue weighted by atomic mass is 16.5. The van der Waals surface area contributed by atoms with E-state index in [1.165, 1.54) is 0 Å². The Bertz CT molecular complexity index is 1550. The third kappa shape index (κ3) is 7.74. The molecule has 2 aromatic rings. The van der Waals surface area contributed by atoms with Crippen molar-refractivity contribution in [1.29, 1.82) is 0 Å². The zero-order valence-electron chi connectivity index (χ0n) is 29.9. The van der Waals surface area contributed by atoms with Crippen LogP contribution in [0.4, 0.5) is 11.4 Å². The molecule has 274 valence electrons. The zero-order valence-corrected chi connectivity index (χ0v) is 29.9. The van der Waals surface area contributed by atoms with E-state index in [0.717, 1.165) is 24.3 Å². The molecule has 3 amide bonds. The van der Waals surface area contributed by atoms with Crippen molar-refractivity contribution < 1.29 is 33.8 Å². The molecule has 2 bridgehead atoms. The van der Waals surface area contributed by atoms with Gasteiger partial charge in [0.15, 0.2) is 0 Å². The highest BCUT2D eigenvalue weighted by Gasteiger charge is 2.74. The monoisotopic (exact) mass is 700 g/mol. The van der Waals surface area contributed by atoms with Gasteiger partial charge in [0.1, 0.15) is 18.2 Å². The maximum atomic E-state index is 14.8. The number of benzene rings is 2. The Labute approximate surface area is 301 Å². The summed E-state index contributed by atoms with van der Waals surface area (Å²) < 4.78 is 12.2. The topological polar surface area (TPSA) is 129 Å². The maximum absolute atomic E-state index is 14.8. The van der Waals surface area contributed by atoms with E-state index in [4.69, 9.17) is 9.47 Å². The van der Waals surface area contributed by atoms with Gasteiger partial charge in [0.25, 0.3) is 5.91 Å². The molecule has 1 spiro atoms. The summed E-state index contributed by atoms with van der Waals surface area (Å²) in [6, 6.07) is 15.4. The molecule has 2 aromatic carbocycles. The van der Waals surface area contributed by atoms with Gasteiger partial charge in [-0.1, -0.05) is 42.5 Å². The van der Waals surface area contributed by atoms with E-state index < -0.39 is 41.6 Å². The third-order valence-electron chi connectivity index (χ3n) is 10.5. The molecule has 3 aliphatic heterocycles. The highest BCUT2D eigenvalue weighted by molar-refractivity contribution is 6.05. The molecule has 2 N–H and O–H groups in total. The van der Waals surface area contributed by atoms with Crippen LogP contribution in [0.3, 0.4) is 0 Å². The van der Waals surface area contributed by atoms with Crippen molar-refractivity contribution in [3.63, 3.8) is 0 Å². The summed E-state index contributed by atoms with van der Waals surface area (Å²) in [5.41, 5.74) is 1.28. The number of aliphatic hydroxyl groups excluding tert-OH is 1. The molecule has 0 saturated carbocycles. The van der Waals surface area contributed by atoms with Crippen molar-refractivity contribution in [3.05, 3.63) is 85.5 Å². The van der Waals surface area contributed by atoms with Gasteiger partial charge in [-0.3, -0.25) is 19.2 Å². The largest absolute Gasteiger partial charge is 0.463 e. The number of likely N-dealkylation sites (tertiary alicyclic amines) is 1. The van der Waals surface area contributed by atoms with E-state index >= 15 is 0 Å². The second-order valence-corrected chi connectivity index (χ2v) is 13.4. The quantitative estimate of drug-likeness (QED) is 0.124. The summed E-state index contributed by atoms with van der Waals surface area (Å²) in [6.45, 7) is 13.8. The molecule has 5 rings (SSSR count). The van der Waals surface area contributed by atoms with Crippen molar-refractivity contribution in [2.75, 3.05) is 49.2 Å². The molecular weight excluding hydrogens is 648 g/mol. The molecular formula is C40H52N4O7. The van der Waals surface area contributed by atoms with Crippen LogP contribution in [0, 0.1) is 11.8 Å². The van der Waals surface area contributed by atoms with Gasteiger partial charge >= 0.3 is 5.97 Å². The Hall–Kier alpha value is -4.48. The van der Waals surface area contributed by atoms with Crippen molar-refractivity contribution in [2.24, 2.45) is 11.8 Å². The summed E-state index contributed by atoms with van der Waals surface area (Å²) in [4.78, 5) is 61.5. The number of esters is 1. The Morgan fingerprint density at radius 3 is 2.41 bits per heavy atom. The van der Waals surface area contributed by atoms with Crippen LogP contribution in [0.5, 0.6) is 0 Å². The first-order valence-electron chi connectivity index (χ1n) is 18.2. The second kappa shape index (κ2) is 17.2. The number of nitrogens with zero attached hydrogens (tertiary/aromatic N) is 3. The molecule has 3 heterocycles. The third-order valence-corrected chi connectivity index (χ3v) is 10.5. The zero-order chi connectivity index (χ0) is 36.5. The molecule has 3 fully saturated rings. The minimum atomic E-state index is -1.19. The smallest absolute Gasteiger partial charge is 0.306 e. The lowest BCUT2D eigenvalue weighted by Gasteiger charge is -2.37. The molecule has 0 aromatic heterocycles. The number of aliphatic hydroxyl groups is 1. The number of ether oxygens (including phenoxy) is 2. The van der Waals surface area contributed by atoms with Crippen molar-refractivity contribution >= 4 is 35.1 Å². The van der Waals surface area contributed by atoms with E-state index in [-0.39, 0.29) is 50.4 Å². The fourth-order valence-corrected chi connectivity index (χ4v) is 8.04. The number of carbonyl (C=O) groups excluding carboxylic acids is 4. The Morgan fingerprint density at radius 1 is 1.06 bits per heavy atom. The van der Waals surface area contributed by atoms with Crippen LogP contribution in [-0.2, 0) is 28.7 Å². The predicted octanol–water partition coefficient (Wildman–Crippen LogP) is 4.57. The molecule has 0 unspecified atom stereocenters.